The molecule has 1 aromatic rings. The van der Waals surface area contributed by atoms with Crippen LogP contribution >= 0.6 is 0 Å². The van der Waals surface area contributed by atoms with Crippen molar-refractivity contribution in [3.63, 3.8) is 0 Å². The maximum absolute atomic E-state index is 11.4. The highest BCUT2D eigenvalue weighted by Crippen LogP contribution is 2.18. The standard InChI is InChI=1S/C9H15N3O2/c1-4-14-9(13)8(10)7-5(2)11-12-6(7)3/h8H,4,10H2,1-3H3,(H,11,12). The Hall–Kier alpha value is -1.36. The molecular weight excluding hydrogens is 182 g/mol. The van der Waals surface area contributed by atoms with Gasteiger partial charge in [-0.25, -0.2) is 4.79 Å². The van der Waals surface area contributed by atoms with E-state index in [2.05, 4.69) is 10.2 Å². The molecule has 0 radical (unpaired) electrons. The molecule has 1 atom stereocenters. The Morgan fingerprint density at radius 1 is 1.64 bits per heavy atom. The summed E-state index contributed by atoms with van der Waals surface area (Å²) in [6.45, 7) is 5.72. The average molecular weight is 197 g/mol. The Labute approximate surface area is 82.6 Å². The fraction of sp³-hybridized carbons (Fsp3) is 0.556. The lowest BCUT2D eigenvalue weighted by atomic mass is 10.1. The summed E-state index contributed by atoms with van der Waals surface area (Å²) >= 11 is 0. The molecule has 0 aliphatic rings. The van der Waals surface area contributed by atoms with E-state index in [4.69, 9.17) is 10.5 Å². The van der Waals surface area contributed by atoms with Crippen LogP contribution in [0.2, 0.25) is 0 Å². The minimum Gasteiger partial charge on any atom is -0.465 e. The van der Waals surface area contributed by atoms with Gasteiger partial charge in [-0.3, -0.25) is 5.10 Å². The first kappa shape index (κ1) is 10.7. The summed E-state index contributed by atoms with van der Waals surface area (Å²) in [5.41, 5.74) is 8.01. The van der Waals surface area contributed by atoms with Gasteiger partial charge in [0.1, 0.15) is 6.04 Å². The predicted molar refractivity (Wildman–Crippen MR) is 51.6 cm³/mol. The lowest BCUT2D eigenvalue weighted by Crippen LogP contribution is -2.24. The molecule has 0 aromatic carbocycles. The van der Waals surface area contributed by atoms with E-state index >= 15 is 0 Å². The number of ether oxygens (including phenoxy) is 1. The van der Waals surface area contributed by atoms with Crippen molar-refractivity contribution < 1.29 is 9.53 Å². The van der Waals surface area contributed by atoms with E-state index in [0.717, 1.165) is 17.0 Å². The van der Waals surface area contributed by atoms with Gasteiger partial charge in [0, 0.05) is 11.3 Å². The zero-order valence-corrected chi connectivity index (χ0v) is 8.63. The van der Waals surface area contributed by atoms with Crippen LogP contribution in [-0.2, 0) is 9.53 Å². The molecule has 1 unspecified atom stereocenters. The van der Waals surface area contributed by atoms with Gasteiger partial charge in [-0.05, 0) is 20.8 Å². The second-order valence-corrected chi connectivity index (χ2v) is 3.08. The highest BCUT2D eigenvalue weighted by Gasteiger charge is 2.22. The molecule has 14 heavy (non-hydrogen) atoms. The third-order valence-corrected chi connectivity index (χ3v) is 2.04. The average Bonchev–Trinajstić information content (AvgIpc) is 2.46. The molecule has 1 aromatic heterocycles. The van der Waals surface area contributed by atoms with E-state index in [9.17, 15) is 4.79 Å². The molecule has 0 aliphatic carbocycles. The first-order valence-electron chi connectivity index (χ1n) is 4.51. The number of hydrogen-bond acceptors (Lipinski definition) is 4. The molecule has 0 bridgehead atoms. The number of carbonyl (C=O) groups is 1. The first-order chi connectivity index (χ1) is 6.57. The molecule has 0 amide bonds. The van der Waals surface area contributed by atoms with Crippen LogP contribution in [0.1, 0.15) is 29.9 Å². The Morgan fingerprint density at radius 2 is 2.29 bits per heavy atom. The van der Waals surface area contributed by atoms with Crippen molar-refractivity contribution in [3.05, 3.63) is 17.0 Å². The summed E-state index contributed by atoms with van der Waals surface area (Å²) in [5, 5.41) is 6.74. The van der Waals surface area contributed by atoms with Crippen LogP contribution in [-0.4, -0.2) is 22.8 Å². The van der Waals surface area contributed by atoms with Crippen molar-refractivity contribution >= 4 is 5.97 Å². The van der Waals surface area contributed by atoms with Crippen molar-refractivity contribution in [2.75, 3.05) is 6.61 Å². The van der Waals surface area contributed by atoms with E-state index in [0.29, 0.717) is 6.61 Å². The lowest BCUT2D eigenvalue weighted by Gasteiger charge is -2.10. The summed E-state index contributed by atoms with van der Waals surface area (Å²) in [6, 6.07) is -0.742. The molecule has 78 valence electrons. The fourth-order valence-corrected chi connectivity index (χ4v) is 1.37. The molecule has 5 nitrogen and oxygen atoms in total. The van der Waals surface area contributed by atoms with Crippen molar-refractivity contribution in [2.24, 2.45) is 5.73 Å². The molecule has 0 saturated heterocycles. The van der Waals surface area contributed by atoms with E-state index in [1.807, 2.05) is 6.92 Å². The maximum atomic E-state index is 11.4. The topological polar surface area (TPSA) is 81.0 Å². The summed E-state index contributed by atoms with van der Waals surface area (Å²) in [5.74, 6) is -0.417. The van der Waals surface area contributed by atoms with Crippen LogP contribution in [0.3, 0.4) is 0 Å². The largest absolute Gasteiger partial charge is 0.465 e. The number of nitrogens with two attached hydrogens (primary N) is 1. The van der Waals surface area contributed by atoms with Gasteiger partial charge < -0.3 is 10.5 Å². The van der Waals surface area contributed by atoms with Crippen LogP contribution in [0.15, 0.2) is 0 Å². The number of hydrogen-bond donors (Lipinski definition) is 2. The third-order valence-electron chi connectivity index (χ3n) is 2.04. The SMILES string of the molecule is CCOC(=O)C(N)c1c(C)n[nH]c1C. The molecule has 0 fully saturated rings. The van der Waals surface area contributed by atoms with Gasteiger partial charge >= 0.3 is 5.97 Å². The molecule has 0 spiro atoms. The minimum atomic E-state index is -0.742. The highest BCUT2D eigenvalue weighted by atomic mass is 16.5. The second-order valence-electron chi connectivity index (χ2n) is 3.08. The fourth-order valence-electron chi connectivity index (χ4n) is 1.37. The number of H-pyrrole nitrogens is 1. The van der Waals surface area contributed by atoms with E-state index < -0.39 is 12.0 Å². The van der Waals surface area contributed by atoms with E-state index in [1.54, 1.807) is 13.8 Å². The van der Waals surface area contributed by atoms with Crippen LogP contribution in [0, 0.1) is 13.8 Å². The van der Waals surface area contributed by atoms with Gasteiger partial charge in [0.2, 0.25) is 0 Å². The summed E-state index contributed by atoms with van der Waals surface area (Å²) in [7, 11) is 0. The van der Waals surface area contributed by atoms with Crippen LogP contribution in [0.4, 0.5) is 0 Å². The van der Waals surface area contributed by atoms with Crippen molar-refractivity contribution in [1.29, 1.82) is 0 Å². The summed E-state index contributed by atoms with van der Waals surface area (Å²) in [4.78, 5) is 11.4. The van der Waals surface area contributed by atoms with Crippen LogP contribution < -0.4 is 5.73 Å². The zero-order chi connectivity index (χ0) is 10.7. The Kier molecular flexibility index (Phi) is 3.24. The number of aromatic amines is 1. The molecule has 0 saturated carbocycles. The molecular formula is C9H15N3O2. The van der Waals surface area contributed by atoms with Crippen molar-refractivity contribution in [3.8, 4) is 0 Å². The Balaban J connectivity index is 2.88. The second kappa shape index (κ2) is 4.23. The molecule has 1 rings (SSSR count). The number of nitrogens with zero attached hydrogens (tertiary/aromatic N) is 1. The predicted octanol–water partition coefficient (Wildman–Crippen LogP) is 0.589. The monoisotopic (exact) mass is 197 g/mol. The molecule has 1 heterocycles. The zero-order valence-electron chi connectivity index (χ0n) is 8.63. The minimum absolute atomic E-state index is 0.336. The first-order valence-corrected chi connectivity index (χ1v) is 4.51. The van der Waals surface area contributed by atoms with Crippen molar-refractivity contribution in [2.45, 2.75) is 26.8 Å². The van der Waals surface area contributed by atoms with Gasteiger partial charge in [-0.2, -0.15) is 5.10 Å². The van der Waals surface area contributed by atoms with Gasteiger partial charge in [-0.1, -0.05) is 0 Å². The van der Waals surface area contributed by atoms with E-state index in [-0.39, 0.29) is 0 Å². The number of aromatic nitrogens is 2. The van der Waals surface area contributed by atoms with Gasteiger partial charge in [0.15, 0.2) is 0 Å². The quantitative estimate of drug-likeness (QED) is 0.695. The van der Waals surface area contributed by atoms with Crippen LogP contribution in [0.25, 0.3) is 0 Å². The number of nitrogens with one attached hydrogen (secondary N) is 1. The van der Waals surface area contributed by atoms with E-state index in [1.165, 1.54) is 0 Å². The van der Waals surface area contributed by atoms with Gasteiger partial charge in [-0.15, -0.1) is 0 Å². The Morgan fingerprint density at radius 3 is 2.71 bits per heavy atom. The number of aryl methyl sites for hydroxylation is 2. The maximum Gasteiger partial charge on any atom is 0.327 e. The van der Waals surface area contributed by atoms with Crippen molar-refractivity contribution in [1.82, 2.24) is 10.2 Å². The number of esters is 1. The third kappa shape index (κ3) is 1.93. The lowest BCUT2D eigenvalue weighted by molar-refractivity contribution is -0.144. The normalized spacial score (nSPS) is 12.6. The molecule has 3 N–H and O–H groups in total. The Bertz CT molecular complexity index is 313. The number of carbonyl (C=O) groups excluding carboxylic acids is 1. The summed E-state index contributed by atoms with van der Waals surface area (Å²) < 4.78 is 4.83. The summed E-state index contributed by atoms with van der Waals surface area (Å²) in [6.07, 6.45) is 0. The van der Waals surface area contributed by atoms with Gasteiger partial charge in [0.05, 0.1) is 12.3 Å². The molecule has 0 aliphatic heterocycles. The number of rotatable bonds is 3. The highest BCUT2D eigenvalue weighted by molar-refractivity contribution is 5.78. The van der Waals surface area contributed by atoms with Crippen LogP contribution in [0.5, 0.6) is 0 Å². The smallest absolute Gasteiger partial charge is 0.327 e. The molecule has 5 heteroatoms. The van der Waals surface area contributed by atoms with Gasteiger partial charge in [0.25, 0.3) is 0 Å².